The van der Waals surface area contributed by atoms with Crippen LogP contribution in [0.5, 0.6) is 5.75 Å². The summed E-state index contributed by atoms with van der Waals surface area (Å²) in [5.74, 6) is 0.781. The molecule has 0 saturated carbocycles. The molecule has 2 aromatic rings. The molecule has 0 fully saturated rings. The molecule has 1 heterocycles. The van der Waals surface area contributed by atoms with Gasteiger partial charge in [-0.3, -0.25) is 10.1 Å². The summed E-state index contributed by atoms with van der Waals surface area (Å²) < 4.78 is 6.58. The Morgan fingerprint density at radius 2 is 2.30 bits per heavy atom. The Hall–Kier alpha value is -1.47. The number of nitrogens with one attached hydrogen (secondary N) is 1. The first-order valence-corrected chi connectivity index (χ1v) is 7.72. The Bertz CT molecular complexity index is 587. The molecule has 1 aromatic heterocycles. The van der Waals surface area contributed by atoms with E-state index in [1.54, 1.807) is 5.51 Å². The van der Waals surface area contributed by atoms with Gasteiger partial charge in [-0.25, -0.2) is 0 Å². The van der Waals surface area contributed by atoms with Crippen molar-refractivity contribution in [3.8, 4) is 5.75 Å². The second-order valence-corrected chi connectivity index (χ2v) is 6.17. The number of nitrogens with zero attached hydrogens (tertiary/aromatic N) is 2. The van der Waals surface area contributed by atoms with Crippen LogP contribution in [-0.2, 0) is 4.79 Å². The predicted octanol–water partition coefficient (Wildman–Crippen LogP) is 3.44. The zero-order chi connectivity index (χ0) is 14.5. The summed E-state index contributed by atoms with van der Waals surface area (Å²) in [4.78, 5) is 11.7. The van der Waals surface area contributed by atoms with Gasteiger partial charge in [0.15, 0.2) is 6.61 Å². The van der Waals surface area contributed by atoms with E-state index in [1.807, 2.05) is 18.2 Å². The van der Waals surface area contributed by atoms with E-state index in [1.165, 1.54) is 11.3 Å². The van der Waals surface area contributed by atoms with Crippen LogP contribution in [0.3, 0.4) is 0 Å². The average Bonchev–Trinajstić information content (AvgIpc) is 2.90. The van der Waals surface area contributed by atoms with Gasteiger partial charge in [-0.05, 0) is 29.7 Å². The highest BCUT2D eigenvalue weighted by Gasteiger charge is 2.11. The fraction of sp³-hybridized carbons (Fsp3) is 0.308. The van der Waals surface area contributed by atoms with Crippen molar-refractivity contribution in [1.82, 2.24) is 10.2 Å². The van der Waals surface area contributed by atoms with E-state index in [-0.39, 0.29) is 12.5 Å². The number of benzene rings is 1. The van der Waals surface area contributed by atoms with Crippen LogP contribution in [0.1, 0.15) is 25.3 Å². The molecule has 7 heteroatoms. The molecular weight excluding hydrogens is 342 g/mol. The third kappa shape index (κ3) is 4.01. The molecule has 20 heavy (non-hydrogen) atoms. The first-order chi connectivity index (χ1) is 9.56. The predicted molar refractivity (Wildman–Crippen MR) is 82.3 cm³/mol. The van der Waals surface area contributed by atoms with Crippen LogP contribution in [0.25, 0.3) is 0 Å². The van der Waals surface area contributed by atoms with E-state index in [4.69, 9.17) is 4.74 Å². The second-order valence-electron chi connectivity index (χ2n) is 4.42. The molecule has 0 unspecified atom stereocenters. The fourth-order valence-corrected chi connectivity index (χ4v) is 2.47. The molecule has 0 spiro atoms. The quantitative estimate of drug-likeness (QED) is 0.891. The molecular formula is C13H14BrN3O2S. The van der Waals surface area contributed by atoms with Gasteiger partial charge in [-0.15, -0.1) is 10.2 Å². The maximum absolute atomic E-state index is 11.7. The molecule has 0 radical (unpaired) electrons. The lowest BCUT2D eigenvalue weighted by molar-refractivity contribution is -0.118. The fourth-order valence-electron chi connectivity index (χ4n) is 1.63. The number of carbonyl (C=O) groups excluding carboxylic acids is 1. The van der Waals surface area contributed by atoms with Gasteiger partial charge in [-0.1, -0.05) is 41.1 Å². The van der Waals surface area contributed by atoms with E-state index < -0.39 is 0 Å². The van der Waals surface area contributed by atoms with Gasteiger partial charge in [0.1, 0.15) is 11.3 Å². The Morgan fingerprint density at radius 1 is 1.50 bits per heavy atom. The van der Waals surface area contributed by atoms with Crippen LogP contribution in [0.4, 0.5) is 5.13 Å². The van der Waals surface area contributed by atoms with Crippen molar-refractivity contribution < 1.29 is 9.53 Å². The van der Waals surface area contributed by atoms with Crippen molar-refractivity contribution in [2.75, 3.05) is 11.9 Å². The number of carbonyl (C=O) groups is 1. The molecule has 1 aromatic carbocycles. The highest BCUT2D eigenvalue weighted by Crippen LogP contribution is 2.29. The van der Waals surface area contributed by atoms with E-state index in [2.05, 4.69) is 45.3 Å². The number of hydrogen-bond acceptors (Lipinski definition) is 5. The van der Waals surface area contributed by atoms with E-state index in [0.717, 1.165) is 15.8 Å². The molecule has 0 aliphatic heterocycles. The third-order valence-electron chi connectivity index (χ3n) is 2.56. The van der Waals surface area contributed by atoms with E-state index >= 15 is 0 Å². The van der Waals surface area contributed by atoms with Crippen molar-refractivity contribution >= 4 is 38.3 Å². The smallest absolute Gasteiger partial charge is 0.264 e. The summed E-state index contributed by atoms with van der Waals surface area (Å²) in [5.41, 5.74) is 2.62. The first kappa shape index (κ1) is 14.9. The molecule has 0 aliphatic rings. The number of rotatable bonds is 5. The summed E-state index contributed by atoms with van der Waals surface area (Å²) in [6, 6.07) is 5.75. The van der Waals surface area contributed by atoms with Crippen LogP contribution in [0.2, 0.25) is 0 Å². The minimum absolute atomic E-state index is 0.0546. The second kappa shape index (κ2) is 6.81. The standard InChI is InChI=1S/C13H14BrN3O2S/c1-8(2)10-5-9(14)3-4-11(10)19-6-12(18)16-13-17-15-7-20-13/h3-5,7-8H,6H2,1-2H3,(H,16,17,18). The maximum Gasteiger partial charge on any atom is 0.264 e. The Morgan fingerprint density at radius 3 is 2.95 bits per heavy atom. The summed E-state index contributed by atoms with van der Waals surface area (Å²) in [5, 5.41) is 10.5. The Labute approximate surface area is 129 Å². The van der Waals surface area contributed by atoms with Crippen LogP contribution >= 0.6 is 27.3 Å². The van der Waals surface area contributed by atoms with Gasteiger partial charge in [-0.2, -0.15) is 0 Å². The molecule has 1 N–H and O–H groups in total. The molecule has 5 nitrogen and oxygen atoms in total. The van der Waals surface area contributed by atoms with E-state index in [9.17, 15) is 4.79 Å². The number of ether oxygens (including phenoxy) is 1. The number of halogens is 1. The SMILES string of the molecule is CC(C)c1cc(Br)ccc1OCC(=O)Nc1nncs1. The number of hydrogen-bond donors (Lipinski definition) is 1. The summed E-state index contributed by atoms with van der Waals surface area (Å²) in [7, 11) is 0. The first-order valence-electron chi connectivity index (χ1n) is 6.04. The van der Waals surface area contributed by atoms with Crippen molar-refractivity contribution in [2.45, 2.75) is 19.8 Å². The van der Waals surface area contributed by atoms with Gasteiger partial charge in [0.05, 0.1) is 0 Å². The summed E-state index contributed by atoms with van der Waals surface area (Å²) >= 11 is 4.70. The average molecular weight is 356 g/mol. The van der Waals surface area contributed by atoms with Gasteiger partial charge in [0, 0.05) is 4.47 Å². The molecule has 2 rings (SSSR count). The lowest BCUT2D eigenvalue weighted by atomic mass is 10.0. The molecule has 0 aliphatic carbocycles. The van der Waals surface area contributed by atoms with Gasteiger partial charge >= 0.3 is 0 Å². The van der Waals surface area contributed by atoms with Crippen molar-refractivity contribution in [2.24, 2.45) is 0 Å². The molecule has 0 atom stereocenters. The van der Waals surface area contributed by atoms with Crippen LogP contribution in [-0.4, -0.2) is 22.7 Å². The zero-order valence-corrected chi connectivity index (χ0v) is 13.5. The number of amides is 1. The van der Waals surface area contributed by atoms with Crippen LogP contribution in [0.15, 0.2) is 28.2 Å². The van der Waals surface area contributed by atoms with Crippen molar-refractivity contribution in [3.63, 3.8) is 0 Å². The highest BCUT2D eigenvalue weighted by molar-refractivity contribution is 9.10. The van der Waals surface area contributed by atoms with Crippen LogP contribution in [0, 0.1) is 0 Å². The normalized spacial score (nSPS) is 10.6. The van der Waals surface area contributed by atoms with Gasteiger partial charge in [0.2, 0.25) is 5.13 Å². The lowest BCUT2D eigenvalue weighted by Crippen LogP contribution is -2.20. The molecule has 0 saturated heterocycles. The molecule has 1 amide bonds. The topological polar surface area (TPSA) is 64.1 Å². The number of aromatic nitrogens is 2. The highest BCUT2D eigenvalue weighted by atomic mass is 79.9. The summed E-state index contributed by atoms with van der Waals surface area (Å²) in [6.45, 7) is 4.10. The van der Waals surface area contributed by atoms with Gasteiger partial charge < -0.3 is 4.74 Å². The lowest BCUT2D eigenvalue weighted by Gasteiger charge is -2.14. The molecule has 0 bridgehead atoms. The van der Waals surface area contributed by atoms with Crippen molar-refractivity contribution in [3.05, 3.63) is 33.7 Å². The summed E-state index contributed by atoms with van der Waals surface area (Å²) in [6.07, 6.45) is 0. The Kier molecular flexibility index (Phi) is 5.08. The Balaban J connectivity index is 1.98. The maximum atomic E-state index is 11.7. The van der Waals surface area contributed by atoms with E-state index in [0.29, 0.717) is 11.0 Å². The minimum Gasteiger partial charge on any atom is -0.483 e. The monoisotopic (exact) mass is 355 g/mol. The third-order valence-corrected chi connectivity index (χ3v) is 3.66. The number of anilines is 1. The minimum atomic E-state index is -0.251. The van der Waals surface area contributed by atoms with Gasteiger partial charge in [0.25, 0.3) is 5.91 Å². The molecule has 106 valence electrons. The largest absolute Gasteiger partial charge is 0.483 e. The van der Waals surface area contributed by atoms with Crippen LogP contribution < -0.4 is 10.1 Å². The van der Waals surface area contributed by atoms with Crippen molar-refractivity contribution in [1.29, 1.82) is 0 Å². The zero-order valence-electron chi connectivity index (χ0n) is 11.1.